The summed E-state index contributed by atoms with van der Waals surface area (Å²) in [6, 6.07) is 14.1. The van der Waals surface area contributed by atoms with Crippen molar-refractivity contribution >= 4 is 22.5 Å². The minimum absolute atomic E-state index is 0.167. The van der Waals surface area contributed by atoms with Crippen molar-refractivity contribution in [3.05, 3.63) is 82.4 Å². The average molecular weight is 509 g/mol. The minimum Gasteiger partial charge on any atom is -0.384 e. The van der Waals surface area contributed by atoms with Gasteiger partial charge in [0.25, 0.3) is 11.4 Å². The molecule has 0 aliphatic heterocycles. The molecule has 0 fully saturated rings. The summed E-state index contributed by atoms with van der Waals surface area (Å²) in [4.78, 5) is 31.7. The first-order valence-electron chi connectivity index (χ1n) is 11.9. The van der Waals surface area contributed by atoms with Gasteiger partial charge < -0.3 is 20.7 Å². The van der Waals surface area contributed by atoms with Crippen LogP contribution in [-0.4, -0.2) is 41.4 Å². The number of aliphatic hydroxyl groups is 1. The molecule has 0 amide bonds. The molecule has 11 heteroatoms. The van der Waals surface area contributed by atoms with Gasteiger partial charge in [-0.05, 0) is 37.6 Å². The van der Waals surface area contributed by atoms with Gasteiger partial charge in [-0.15, -0.1) is 0 Å². The van der Waals surface area contributed by atoms with E-state index < -0.39 is 6.04 Å². The second-order valence-electron chi connectivity index (χ2n) is 8.34. The van der Waals surface area contributed by atoms with Crippen molar-refractivity contribution in [1.82, 2.24) is 29.7 Å². The van der Waals surface area contributed by atoms with Gasteiger partial charge in [0.15, 0.2) is 5.82 Å². The number of hydrogen-bond donors (Lipinski definition) is 3. The van der Waals surface area contributed by atoms with E-state index in [0.29, 0.717) is 51.6 Å². The molecule has 3 heterocycles. The Bertz CT molecular complexity index is 1730. The molecule has 0 aliphatic carbocycles. The van der Waals surface area contributed by atoms with Crippen LogP contribution in [0.15, 0.2) is 64.2 Å². The first-order chi connectivity index (χ1) is 18.5. The van der Waals surface area contributed by atoms with E-state index in [0.717, 1.165) is 0 Å². The van der Waals surface area contributed by atoms with Crippen LogP contribution in [0.2, 0.25) is 0 Å². The molecule has 4 N–H and O–H groups in total. The van der Waals surface area contributed by atoms with E-state index in [-0.39, 0.29) is 23.9 Å². The number of aromatic nitrogens is 6. The highest BCUT2D eigenvalue weighted by Gasteiger charge is 2.25. The number of nitrogens with zero attached hydrogens (tertiary/aromatic N) is 6. The molecule has 1 atom stereocenters. The van der Waals surface area contributed by atoms with E-state index in [9.17, 15) is 9.90 Å². The average Bonchev–Trinajstić information content (AvgIpc) is 3.36. The van der Waals surface area contributed by atoms with E-state index in [2.05, 4.69) is 37.3 Å². The van der Waals surface area contributed by atoms with Gasteiger partial charge in [-0.2, -0.15) is 4.98 Å². The van der Waals surface area contributed by atoms with Crippen LogP contribution in [0.4, 0.5) is 11.6 Å². The topological polar surface area (TPSA) is 158 Å². The number of rotatable bonds is 6. The maximum Gasteiger partial charge on any atom is 0.267 e. The normalized spacial score (nSPS) is 11.7. The monoisotopic (exact) mass is 508 g/mol. The van der Waals surface area contributed by atoms with Crippen LogP contribution in [0.5, 0.6) is 0 Å². The molecule has 0 saturated heterocycles. The van der Waals surface area contributed by atoms with Gasteiger partial charge in [0.2, 0.25) is 0 Å². The Morgan fingerprint density at radius 1 is 1.13 bits per heavy atom. The van der Waals surface area contributed by atoms with Crippen LogP contribution >= 0.6 is 0 Å². The second-order valence-corrected chi connectivity index (χ2v) is 8.34. The molecule has 190 valence electrons. The maximum atomic E-state index is 14.0. The number of hydrogen-bond acceptors (Lipinski definition) is 10. The van der Waals surface area contributed by atoms with Crippen molar-refractivity contribution in [2.45, 2.75) is 26.3 Å². The predicted molar refractivity (Wildman–Crippen MR) is 142 cm³/mol. The fraction of sp³-hybridized carbons (Fsp3) is 0.185. The van der Waals surface area contributed by atoms with E-state index in [1.165, 1.54) is 6.33 Å². The Morgan fingerprint density at radius 2 is 1.95 bits per heavy atom. The fourth-order valence-electron chi connectivity index (χ4n) is 4.18. The highest BCUT2D eigenvalue weighted by molar-refractivity contribution is 5.85. The number of aliphatic hydroxyl groups excluding tert-OH is 1. The van der Waals surface area contributed by atoms with Crippen LogP contribution in [-0.2, 0) is 0 Å². The smallest absolute Gasteiger partial charge is 0.267 e. The summed E-state index contributed by atoms with van der Waals surface area (Å²) in [5.41, 5.74) is 7.87. The Kier molecular flexibility index (Phi) is 6.80. The lowest BCUT2D eigenvalue weighted by atomic mass is 10.1. The molecule has 0 radical (unpaired) electrons. The summed E-state index contributed by atoms with van der Waals surface area (Å²) < 4.78 is 6.91. The zero-order chi connectivity index (χ0) is 26.6. The van der Waals surface area contributed by atoms with Crippen molar-refractivity contribution in [1.29, 1.82) is 0 Å². The van der Waals surface area contributed by atoms with E-state index in [1.807, 2.05) is 37.3 Å². The summed E-state index contributed by atoms with van der Waals surface area (Å²) >= 11 is 0. The molecule has 2 aromatic carbocycles. The molecule has 0 bridgehead atoms. The molecule has 5 aromatic rings. The molecule has 0 spiro atoms. The van der Waals surface area contributed by atoms with Crippen molar-refractivity contribution in [3.63, 3.8) is 0 Å². The van der Waals surface area contributed by atoms with E-state index >= 15 is 0 Å². The number of nitrogens with two attached hydrogens (primary N) is 1. The third kappa shape index (κ3) is 4.56. The SMILES string of the molecule is CC[C@H](Nc1ncnc(N)c1-c1nc(C)no1)c1nc2cccc(C#CCO)c2c(=O)n1-c1ccccc1. The quantitative estimate of drug-likeness (QED) is 0.291. The second kappa shape index (κ2) is 10.5. The predicted octanol–water partition coefficient (Wildman–Crippen LogP) is 3.02. The molecule has 0 aliphatic rings. The van der Waals surface area contributed by atoms with Gasteiger partial charge in [-0.1, -0.05) is 48.2 Å². The number of benzene rings is 2. The zero-order valence-corrected chi connectivity index (χ0v) is 20.7. The Hall–Kier alpha value is -5.08. The number of fused-ring (bicyclic) bond motifs is 1. The Labute approximate surface area is 217 Å². The first-order valence-corrected chi connectivity index (χ1v) is 11.9. The van der Waals surface area contributed by atoms with Crippen LogP contribution in [0, 0.1) is 18.8 Å². The van der Waals surface area contributed by atoms with E-state index in [1.54, 1.807) is 29.7 Å². The molecule has 38 heavy (non-hydrogen) atoms. The van der Waals surface area contributed by atoms with Crippen molar-refractivity contribution in [2.75, 3.05) is 17.7 Å². The van der Waals surface area contributed by atoms with Gasteiger partial charge >= 0.3 is 0 Å². The van der Waals surface area contributed by atoms with Crippen molar-refractivity contribution in [2.24, 2.45) is 0 Å². The van der Waals surface area contributed by atoms with Crippen molar-refractivity contribution < 1.29 is 9.63 Å². The number of aryl methyl sites for hydroxylation is 1. The standard InChI is InChI=1S/C27H24N8O3/c1-3-19(32-24-22(23(28)29-15-30-24)26-31-16(2)34-38-26)25-33-20-13-7-9-17(10-8-14-36)21(20)27(37)35(25)18-11-5-4-6-12-18/h4-7,9,11-13,15,19,36H,3,14H2,1-2H3,(H3,28,29,30,32)/t19-/m0/s1. The summed E-state index contributed by atoms with van der Waals surface area (Å²) in [7, 11) is 0. The fourth-order valence-corrected chi connectivity index (χ4v) is 4.18. The number of nitrogen functional groups attached to an aromatic ring is 1. The molecular weight excluding hydrogens is 484 g/mol. The lowest BCUT2D eigenvalue weighted by Crippen LogP contribution is -2.29. The highest BCUT2D eigenvalue weighted by Crippen LogP contribution is 2.32. The lowest BCUT2D eigenvalue weighted by molar-refractivity contribution is 0.350. The molecular formula is C27H24N8O3. The first kappa shape index (κ1) is 24.6. The number of anilines is 2. The number of nitrogens with one attached hydrogen (secondary N) is 1. The molecule has 5 rings (SSSR count). The zero-order valence-electron chi connectivity index (χ0n) is 20.7. The van der Waals surface area contributed by atoms with Gasteiger partial charge in [0.05, 0.1) is 22.6 Å². The van der Waals surface area contributed by atoms with Crippen LogP contribution in [0.1, 0.15) is 36.6 Å². The van der Waals surface area contributed by atoms with Gasteiger partial charge in [0.1, 0.15) is 36.0 Å². The third-order valence-electron chi connectivity index (χ3n) is 5.89. The molecule has 11 nitrogen and oxygen atoms in total. The summed E-state index contributed by atoms with van der Waals surface area (Å²) in [6.07, 6.45) is 1.88. The van der Waals surface area contributed by atoms with Crippen LogP contribution in [0.3, 0.4) is 0 Å². The molecule has 0 saturated carbocycles. The molecule has 3 aromatic heterocycles. The summed E-state index contributed by atoms with van der Waals surface area (Å²) in [5.74, 6) is 7.11. The Morgan fingerprint density at radius 3 is 2.66 bits per heavy atom. The summed E-state index contributed by atoms with van der Waals surface area (Å²) in [6.45, 7) is 3.35. The molecule has 0 unspecified atom stereocenters. The highest BCUT2D eigenvalue weighted by atomic mass is 16.5. The summed E-state index contributed by atoms with van der Waals surface area (Å²) in [5, 5.41) is 16.8. The van der Waals surface area contributed by atoms with Crippen LogP contribution in [0.25, 0.3) is 28.0 Å². The maximum absolute atomic E-state index is 14.0. The number of para-hydroxylation sites is 1. The largest absolute Gasteiger partial charge is 0.384 e. The van der Waals surface area contributed by atoms with E-state index in [4.69, 9.17) is 15.2 Å². The van der Waals surface area contributed by atoms with Crippen molar-refractivity contribution in [3.8, 4) is 29.0 Å². The van der Waals surface area contributed by atoms with Crippen LogP contribution < -0.4 is 16.6 Å². The minimum atomic E-state index is -0.475. The Balaban J connectivity index is 1.72. The van der Waals surface area contributed by atoms with Gasteiger partial charge in [-0.25, -0.2) is 15.0 Å². The lowest BCUT2D eigenvalue weighted by Gasteiger charge is -2.23. The third-order valence-corrected chi connectivity index (χ3v) is 5.89. The van der Waals surface area contributed by atoms with Gasteiger partial charge in [-0.3, -0.25) is 9.36 Å². The van der Waals surface area contributed by atoms with Gasteiger partial charge in [0, 0.05) is 5.56 Å².